The molecule has 1 N–H and O–H groups in total. The average molecular weight is 393 g/mol. The van der Waals surface area contributed by atoms with Crippen molar-refractivity contribution in [3.63, 3.8) is 0 Å². The van der Waals surface area contributed by atoms with Gasteiger partial charge in [0, 0.05) is 27.1 Å². The van der Waals surface area contributed by atoms with E-state index in [1.807, 2.05) is 49.4 Å². The second-order valence-electron chi connectivity index (χ2n) is 7.32. The maximum absolute atomic E-state index is 12.4. The van der Waals surface area contributed by atoms with Crippen LogP contribution in [0.15, 0.2) is 63.8 Å². The monoisotopic (exact) mass is 392 g/mol. The number of hydrogen-bond acceptors (Lipinski definition) is 3. The standard InChI is InChI=1S/C23H18ClNO3/c1-14-21-16(12-25(13-27-21)11-15-5-4-6-17(24)9-15)10-20-18-7-2-3-8-19(18)23(26)28-22(14)20/h2-10H,11-13H2,1H3/p+1. The summed E-state index contributed by atoms with van der Waals surface area (Å²) in [5, 5.41) is 3.23. The molecule has 0 fully saturated rings. The highest BCUT2D eigenvalue weighted by Crippen LogP contribution is 2.34. The van der Waals surface area contributed by atoms with Gasteiger partial charge in [-0.2, -0.15) is 0 Å². The van der Waals surface area contributed by atoms with Crippen molar-refractivity contribution < 1.29 is 14.1 Å². The van der Waals surface area contributed by atoms with Crippen LogP contribution in [-0.2, 0) is 13.1 Å². The molecular weight excluding hydrogens is 374 g/mol. The van der Waals surface area contributed by atoms with Gasteiger partial charge in [0.25, 0.3) is 0 Å². The molecule has 4 aromatic rings. The van der Waals surface area contributed by atoms with Crippen LogP contribution in [0.25, 0.3) is 21.7 Å². The molecule has 5 rings (SSSR count). The quantitative estimate of drug-likeness (QED) is 0.416. The Morgan fingerprint density at radius 1 is 1.04 bits per heavy atom. The lowest BCUT2D eigenvalue weighted by molar-refractivity contribution is -0.945. The maximum atomic E-state index is 12.4. The average Bonchev–Trinajstić information content (AvgIpc) is 2.69. The molecule has 140 valence electrons. The second kappa shape index (κ2) is 6.66. The summed E-state index contributed by atoms with van der Waals surface area (Å²) in [5.74, 6) is 0.834. The fourth-order valence-electron chi connectivity index (χ4n) is 4.10. The number of quaternary nitrogens is 1. The third-order valence-electron chi connectivity index (χ3n) is 5.37. The molecule has 1 aromatic heterocycles. The van der Waals surface area contributed by atoms with E-state index in [-0.39, 0.29) is 5.63 Å². The molecular formula is C23H19ClNO3+. The highest BCUT2D eigenvalue weighted by molar-refractivity contribution is 6.30. The van der Waals surface area contributed by atoms with Gasteiger partial charge in [0.1, 0.15) is 24.4 Å². The normalized spacial score (nSPS) is 16.1. The summed E-state index contributed by atoms with van der Waals surface area (Å²) in [4.78, 5) is 13.7. The molecule has 5 heteroatoms. The first-order chi connectivity index (χ1) is 13.6. The van der Waals surface area contributed by atoms with E-state index in [0.29, 0.717) is 17.7 Å². The summed E-state index contributed by atoms with van der Waals surface area (Å²) < 4.78 is 11.7. The molecule has 0 aliphatic carbocycles. The highest BCUT2D eigenvalue weighted by atomic mass is 35.5. The van der Waals surface area contributed by atoms with Crippen molar-refractivity contribution in [1.29, 1.82) is 0 Å². The number of benzene rings is 3. The molecule has 0 spiro atoms. The van der Waals surface area contributed by atoms with Crippen molar-refractivity contribution in [2.24, 2.45) is 0 Å². The molecule has 0 saturated heterocycles. The Hall–Kier alpha value is -2.82. The summed E-state index contributed by atoms with van der Waals surface area (Å²) in [6, 6.07) is 17.6. The number of hydrogen-bond donors (Lipinski definition) is 1. The predicted octanol–water partition coefficient (Wildman–Crippen LogP) is 3.84. The van der Waals surface area contributed by atoms with Crippen LogP contribution in [0.3, 0.4) is 0 Å². The first kappa shape index (κ1) is 17.3. The van der Waals surface area contributed by atoms with Crippen LogP contribution in [0.1, 0.15) is 16.7 Å². The van der Waals surface area contributed by atoms with Gasteiger partial charge in [-0.15, -0.1) is 0 Å². The maximum Gasteiger partial charge on any atom is 0.344 e. The minimum Gasteiger partial charge on any atom is -0.444 e. The number of aryl methyl sites for hydroxylation is 1. The second-order valence-corrected chi connectivity index (χ2v) is 7.76. The summed E-state index contributed by atoms with van der Waals surface area (Å²) >= 11 is 6.12. The Labute approximate surface area is 166 Å². The summed E-state index contributed by atoms with van der Waals surface area (Å²) in [6.45, 7) is 4.19. The fraction of sp³-hybridized carbons (Fsp3) is 0.174. The van der Waals surface area contributed by atoms with Crippen LogP contribution >= 0.6 is 11.6 Å². The van der Waals surface area contributed by atoms with E-state index < -0.39 is 0 Å². The minimum absolute atomic E-state index is 0.310. The molecule has 2 heterocycles. The van der Waals surface area contributed by atoms with Gasteiger partial charge in [-0.05, 0) is 36.6 Å². The Kier molecular flexibility index (Phi) is 4.11. The lowest BCUT2D eigenvalue weighted by atomic mass is 10.00. The zero-order chi connectivity index (χ0) is 19.3. The van der Waals surface area contributed by atoms with Gasteiger partial charge < -0.3 is 9.15 Å². The SMILES string of the molecule is Cc1c2c(cc3c1oc(=O)c1ccccc13)C[NH+](Cc1cccc(Cl)c1)CO2. The van der Waals surface area contributed by atoms with Crippen LogP contribution in [0.4, 0.5) is 0 Å². The van der Waals surface area contributed by atoms with E-state index in [1.54, 1.807) is 0 Å². The van der Waals surface area contributed by atoms with E-state index in [2.05, 4.69) is 12.1 Å². The van der Waals surface area contributed by atoms with Gasteiger partial charge in [-0.1, -0.05) is 41.9 Å². The molecule has 0 radical (unpaired) electrons. The lowest BCUT2D eigenvalue weighted by Crippen LogP contribution is -3.10. The van der Waals surface area contributed by atoms with E-state index in [1.165, 1.54) is 10.5 Å². The van der Waals surface area contributed by atoms with Gasteiger partial charge in [-0.25, -0.2) is 4.79 Å². The topological polar surface area (TPSA) is 43.9 Å². The third-order valence-corrected chi connectivity index (χ3v) is 5.61. The minimum atomic E-state index is -0.310. The molecule has 3 aromatic carbocycles. The van der Waals surface area contributed by atoms with Crippen molar-refractivity contribution in [3.05, 3.63) is 86.7 Å². The zero-order valence-corrected chi connectivity index (χ0v) is 16.2. The Morgan fingerprint density at radius 2 is 1.86 bits per heavy atom. The van der Waals surface area contributed by atoms with Crippen LogP contribution in [-0.4, -0.2) is 6.73 Å². The molecule has 0 amide bonds. The Balaban J connectivity index is 1.59. The Morgan fingerprint density at radius 3 is 2.68 bits per heavy atom. The summed E-state index contributed by atoms with van der Waals surface area (Å²) in [5.41, 5.74) is 3.50. The third kappa shape index (κ3) is 2.86. The van der Waals surface area contributed by atoms with E-state index in [9.17, 15) is 4.79 Å². The van der Waals surface area contributed by atoms with Gasteiger partial charge in [0.05, 0.1) is 5.39 Å². The highest BCUT2D eigenvalue weighted by Gasteiger charge is 2.25. The first-order valence-electron chi connectivity index (χ1n) is 9.29. The van der Waals surface area contributed by atoms with Gasteiger partial charge in [-0.3, -0.25) is 4.90 Å². The van der Waals surface area contributed by atoms with Crippen molar-refractivity contribution >= 4 is 33.3 Å². The largest absolute Gasteiger partial charge is 0.444 e. The number of rotatable bonds is 2. The molecule has 28 heavy (non-hydrogen) atoms. The molecule has 0 bridgehead atoms. The fourth-order valence-corrected chi connectivity index (χ4v) is 4.32. The van der Waals surface area contributed by atoms with Crippen molar-refractivity contribution in [2.75, 3.05) is 6.73 Å². The predicted molar refractivity (Wildman–Crippen MR) is 110 cm³/mol. The first-order valence-corrected chi connectivity index (χ1v) is 9.67. The van der Waals surface area contributed by atoms with Crippen molar-refractivity contribution in [1.82, 2.24) is 0 Å². The smallest absolute Gasteiger partial charge is 0.344 e. The van der Waals surface area contributed by atoms with Crippen molar-refractivity contribution in [3.8, 4) is 5.75 Å². The van der Waals surface area contributed by atoms with E-state index in [0.717, 1.165) is 45.8 Å². The molecule has 1 aliphatic heterocycles. The number of halogens is 1. The Bertz CT molecular complexity index is 1280. The summed E-state index contributed by atoms with van der Waals surface area (Å²) in [6.07, 6.45) is 0. The zero-order valence-electron chi connectivity index (χ0n) is 15.4. The van der Waals surface area contributed by atoms with Gasteiger partial charge >= 0.3 is 5.63 Å². The molecule has 0 saturated carbocycles. The summed E-state index contributed by atoms with van der Waals surface area (Å²) in [7, 11) is 0. The van der Waals surface area contributed by atoms with E-state index in [4.69, 9.17) is 20.8 Å². The molecule has 1 atom stereocenters. The van der Waals surface area contributed by atoms with Gasteiger partial charge in [0.2, 0.25) is 6.73 Å². The number of fused-ring (bicyclic) bond motifs is 4. The van der Waals surface area contributed by atoms with E-state index >= 15 is 0 Å². The number of nitrogens with one attached hydrogen (secondary N) is 1. The van der Waals surface area contributed by atoms with Crippen LogP contribution in [0.5, 0.6) is 5.75 Å². The molecule has 4 nitrogen and oxygen atoms in total. The van der Waals surface area contributed by atoms with Gasteiger partial charge in [0.15, 0.2) is 0 Å². The molecule has 1 aliphatic rings. The van der Waals surface area contributed by atoms with Crippen LogP contribution < -0.4 is 15.3 Å². The van der Waals surface area contributed by atoms with Crippen LogP contribution in [0, 0.1) is 6.92 Å². The number of ether oxygens (including phenoxy) is 1. The molecule has 1 unspecified atom stereocenters. The lowest BCUT2D eigenvalue weighted by Gasteiger charge is -2.27. The van der Waals surface area contributed by atoms with Crippen LogP contribution in [0.2, 0.25) is 5.02 Å². The van der Waals surface area contributed by atoms with Crippen molar-refractivity contribution in [2.45, 2.75) is 20.0 Å².